The number of sulfonamides is 1. The molecular weight excluding hydrogens is 598 g/mol. The number of benzene rings is 2. The van der Waals surface area contributed by atoms with Gasteiger partial charge in [-0.25, -0.2) is 14.5 Å². The van der Waals surface area contributed by atoms with E-state index in [1.165, 1.54) is 101 Å². The Balaban J connectivity index is 1.33. The summed E-state index contributed by atoms with van der Waals surface area (Å²) in [5.74, 6) is -1.60. The lowest BCUT2D eigenvalue weighted by Gasteiger charge is -2.28. The summed E-state index contributed by atoms with van der Waals surface area (Å²) in [6.07, 6.45) is 11.7. The van der Waals surface area contributed by atoms with Gasteiger partial charge in [-0.3, -0.25) is 4.79 Å². The first-order valence-electron chi connectivity index (χ1n) is 15.8. The molecule has 12 heteroatoms. The topological polar surface area (TPSA) is 132 Å². The molecule has 2 amide bonds. The van der Waals surface area contributed by atoms with Crippen molar-refractivity contribution >= 4 is 45.2 Å². The normalized spacial score (nSPS) is 17.1. The van der Waals surface area contributed by atoms with Gasteiger partial charge in [0.15, 0.2) is 5.84 Å². The molecule has 2 aliphatic rings. The number of nitrogens with zero attached hydrogens (tertiary/aromatic N) is 3. The van der Waals surface area contributed by atoms with Crippen LogP contribution in [0.15, 0.2) is 51.8 Å². The fraction of sp³-hybridized carbons (Fsp3) is 0.515. The van der Waals surface area contributed by atoms with Crippen LogP contribution in [0.1, 0.15) is 94.3 Å². The quantitative estimate of drug-likeness (QED) is 0.138. The molecule has 2 aromatic rings. The minimum atomic E-state index is -4.14. The number of carbonyl (C=O) groups excluding carboxylic acids is 3. The second kappa shape index (κ2) is 15.9. The van der Waals surface area contributed by atoms with E-state index in [0.717, 1.165) is 24.2 Å². The minimum Gasteiger partial charge on any atom is -0.495 e. The highest BCUT2D eigenvalue weighted by molar-refractivity contribution is 7.90. The Bertz CT molecular complexity index is 1510. The van der Waals surface area contributed by atoms with Gasteiger partial charge in [0.2, 0.25) is 6.10 Å². The standard InChI is InChI=1S/C33H43N3O8S/c1-4-5-6-7-8-9-10-11-12-13-14-17-22-43-32(38)24-20-21-27(42-3)26(23-24)36-31(37)29(44-33(36)39)30-34-45(40,41)28-19-16-15-18-25(28)35(30)2/h15-16,18-21,23,29H,4-14,17,22H2,1-3H3. The van der Waals surface area contributed by atoms with Crippen molar-refractivity contribution in [3.05, 3.63) is 48.0 Å². The average Bonchev–Trinajstić information content (AvgIpc) is 3.33. The fourth-order valence-corrected chi connectivity index (χ4v) is 6.79. The van der Waals surface area contributed by atoms with Crippen molar-refractivity contribution in [2.75, 3.05) is 30.6 Å². The third-order valence-corrected chi connectivity index (χ3v) is 9.36. The molecule has 244 valence electrons. The SMILES string of the molecule is CCCCCCCCCCCCCCOC(=O)c1ccc(OC)c(N2C(=O)OC(C3=NS(=O)(=O)c4ccccc4N3C)C2=O)c1. The molecule has 0 spiro atoms. The predicted molar refractivity (Wildman–Crippen MR) is 172 cm³/mol. The van der Waals surface area contributed by atoms with Crippen LogP contribution >= 0.6 is 0 Å². The number of carbonyl (C=O) groups is 3. The van der Waals surface area contributed by atoms with Crippen LogP contribution < -0.4 is 14.5 Å². The molecule has 2 aromatic carbocycles. The smallest absolute Gasteiger partial charge is 0.422 e. The monoisotopic (exact) mass is 641 g/mol. The van der Waals surface area contributed by atoms with E-state index in [9.17, 15) is 22.8 Å². The zero-order valence-corrected chi connectivity index (χ0v) is 27.1. The molecule has 1 atom stereocenters. The van der Waals surface area contributed by atoms with Crippen molar-refractivity contribution < 1.29 is 37.0 Å². The maximum Gasteiger partial charge on any atom is 0.422 e. The molecule has 0 bridgehead atoms. The summed E-state index contributed by atoms with van der Waals surface area (Å²) in [7, 11) is -1.25. The van der Waals surface area contributed by atoms with E-state index in [4.69, 9.17) is 14.2 Å². The lowest BCUT2D eigenvalue weighted by molar-refractivity contribution is -0.119. The molecule has 1 unspecified atom stereocenters. The van der Waals surface area contributed by atoms with Gasteiger partial charge in [0.05, 0.1) is 30.7 Å². The van der Waals surface area contributed by atoms with Crippen LogP contribution in [-0.4, -0.2) is 59.1 Å². The molecule has 1 saturated heterocycles. The average molecular weight is 642 g/mol. The first-order chi connectivity index (χ1) is 21.7. The van der Waals surface area contributed by atoms with Crippen LogP contribution in [0.3, 0.4) is 0 Å². The number of para-hydroxylation sites is 1. The zero-order valence-electron chi connectivity index (χ0n) is 26.3. The number of likely N-dealkylation sites (N-methyl/N-ethyl adjacent to an activating group) is 1. The second-order valence-corrected chi connectivity index (χ2v) is 12.9. The van der Waals surface area contributed by atoms with Crippen LogP contribution in [0.4, 0.5) is 16.2 Å². The van der Waals surface area contributed by atoms with E-state index in [1.807, 2.05) is 0 Å². The van der Waals surface area contributed by atoms with Gasteiger partial charge in [-0.1, -0.05) is 89.7 Å². The molecule has 2 heterocycles. The molecule has 0 aromatic heterocycles. The van der Waals surface area contributed by atoms with Crippen molar-refractivity contribution in [2.24, 2.45) is 4.40 Å². The molecule has 4 rings (SSSR count). The molecule has 2 aliphatic heterocycles. The third kappa shape index (κ3) is 8.22. The number of esters is 1. The van der Waals surface area contributed by atoms with Crippen molar-refractivity contribution in [1.29, 1.82) is 0 Å². The minimum absolute atomic E-state index is 0.0266. The summed E-state index contributed by atoms with van der Waals surface area (Å²) in [4.78, 5) is 41.5. The largest absolute Gasteiger partial charge is 0.495 e. The lowest BCUT2D eigenvalue weighted by atomic mass is 10.1. The van der Waals surface area contributed by atoms with Crippen LogP contribution in [0.25, 0.3) is 0 Å². The molecule has 11 nitrogen and oxygen atoms in total. The second-order valence-electron chi connectivity index (χ2n) is 11.3. The van der Waals surface area contributed by atoms with E-state index in [0.29, 0.717) is 5.69 Å². The lowest BCUT2D eigenvalue weighted by Crippen LogP contribution is -2.45. The molecule has 0 radical (unpaired) electrons. The van der Waals surface area contributed by atoms with Crippen molar-refractivity contribution in [2.45, 2.75) is 95.0 Å². The van der Waals surface area contributed by atoms with Gasteiger partial charge in [-0.15, -0.1) is 4.40 Å². The Morgan fingerprint density at radius 2 is 1.51 bits per heavy atom. The van der Waals surface area contributed by atoms with Gasteiger partial charge in [0, 0.05) is 7.05 Å². The Hall–Kier alpha value is -3.93. The van der Waals surface area contributed by atoms with Gasteiger partial charge < -0.3 is 19.1 Å². The third-order valence-electron chi connectivity index (χ3n) is 8.03. The number of fused-ring (bicyclic) bond motifs is 1. The van der Waals surface area contributed by atoms with E-state index in [2.05, 4.69) is 11.3 Å². The van der Waals surface area contributed by atoms with Crippen LogP contribution in [0, 0.1) is 0 Å². The molecule has 0 saturated carbocycles. The number of anilines is 2. The van der Waals surface area contributed by atoms with Gasteiger partial charge in [0.25, 0.3) is 15.9 Å². The highest BCUT2D eigenvalue weighted by Crippen LogP contribution is 2.36. The molecular formula is C33H43N3O8S. The van der Waals surface area contributed by atoms with Crippen LogP contribution in [0.2, 0.25) is 0 Å². The summed E-state index contributed by atoms with van der Waals surface area (Å²) in [5, 5.41) is 0. The molecule has 0 N–H and O–H groups in total. The summed E-state index contributed by atoms with van der Waals surface area (Å²) < 4.78 is 45.6. The first-order valence-corrected chi connectivity index (χ1v) is 17.2. The first kappa shape index (κ1) is 34.0. The number of rotatable bonds is 17. The number of ether oxygens (including phenoxy) is 3. The zero-order chi connectivity index (χ0) is 32.4. The van der Waals surface area contributed by atoms with Gasteiger partial charge in [-0.2, -0.15) is 8.42 Å². The van der Waals surface area contributed by atoms with E-state index in [-0.39, 0.29) is 34.3 Å². The molecule has 45 heavy (non-hydrogen) atoms. The van der Waals surface area contributed by atoms with E-state index < -0.39 is 34.1 Å². The van der Waals surface area contributed by atoms with E-state index in [1.54, 1.807) is 18.2 Å². The number of hydrogen-bond acceptors (Lipinski definition) is 9. The number of unbranched alkanes of at least 4 members (excludes halogenated alkanes) is 11. The predicted octanol–water partition coefficient (Wildman–Crippen LogP) is 6.64. The number of hydrogen-bond donors (Lipinski definition) is 0. The van der Waals surface area contributed by atoms with Crippen molar-refractivity contribution in [1.82, 2.24) is 0 Å². The summed E-state index contributed by atoms with van der Waals surface area (Å²) >= 11 is 0. The Morgan fingerprint density at radius 3 is 2.16 bits per heavy atom. The Kier molecular flexibility index (Phi) is 12.0. The van der Waals surface area contributed by atoms with Crippen molar-refractivity contribution in [3.8, 4) is 5.75 Å². The number of cyclic esters (lactones) is 1. The summed E-state index contributed by atoms with van der Waals surface area (Å²) in [6.45, 7) is 2.49. The highest BCUT2D eigenvalue weighted by Gasteiger charge is 2.49. The number of methoxy groups -OCH3 is 1. The summed E-state index contributed by atoms with van der Waals surface area (Å²) in [6, 6.07) is 10.4. The van der Waals surface area contributed by atoms with Crippen LogP contribution in [0.5, 0.6) is 5.75 Å². The Labute approximate surface area is 265 Å². The summed E-state index contributed by atoms with van der Waals surface area (Å²) in [5.41, 5.74) is 0.384. The molecule has 0 aliphatic carbocycles. The number of amidine groups is 1. The van der Waals surface area contributed by atoms with Gasteiger partial charge >= 0.3 is 12.1 Å². The fourth-order valence-electron chi connectivity index (χ4n) is 5.51. The molecule has 1 fully saturated rings. The highest BCUT2D eigenvalue weighted by atomic mass is 32.2. The van der Waals surface area contributed by atoms with Crippen LogP contribution in [-0.2, 0) is 24.3 Å². The Morgan fingerprint density at radius 1 is 0.889 bits per heavy atom. The van der Waals surface area contributed by atoms with Gasteiger partial charge in [-0.05, 0) is 36.8 Å². The number of imide groups is 1. The maximum atomic E-state index is 13.5. The number of amides is 2. The van der Waals surface area contributed by atoms with E-state index >= 15 is 0 Å². The maximum absolute atomic E-state index is 13.5. The van der Waals surface area contributed by atoms with Crippen molar-refractivity contribution in [3.63, 3.8) is 0 Å². The van der Waals surface area contributed by atoms with Gasteiger partial charge in [0.1, 0.15) is 10.6 Å².